The molecule has 2 aromatic carbocycles. The smallest absolute Gasteiger partial charge is 0.123 e. The number of nitrogens with zero attached hydrogens (tertiary/aromatic N) is 2. The van der Waals surface area contributed by atoms with Crippen molar-refractivity contribution in [3.05, 3.63) is 59.7 Å². The van der Waals surface area contributed by atoms with E-state index in [2.05, 4.69) is 53.2 Å². The van der Waals surface area contributed by atoms with Gasteiger partial charge < -0.3 is 19.3 Å². The van der Waals surface area contributed by atoms with E-state index in [4.69, 9.17) is 9.47 Å². The summed E-state index contributed by atoms with van der Waals surface area (Å²) in [5.41, 5.74) is 2.66. The van der Waals surface area contributed by atoms with Gasteiger partial charge in [0.2, 0.25) is 0 Å². The first-order chi connectivity index (χ1) is 13.7. The molecule has 0 saturated carbocycles. The van der Waals surface area contributed by atoms with Crippen molar-refractivity contribution in [3.63, 3.8) is 0 Å². The third-order valence-corrected chi connectivity index (χ3v) is 5.79. The van der Waals surface area contributed by atoms with Crippen LogP contribution in [0.1, 0.15) is 24.0 Å². The molecule has 0 unspecified atom stereocenters. The average molecular weight is 383 g/mol. The number of likely N-dealkylation sites (tertiary alicyclic amines) is 1. The van der Waals surface area contributed by atoms with Crippen molar-refractivity contribution in [1.29, 1.82) is 0 Å². The standard InChI is InChI=1S/C24H34N2O2/c1-25(19-22-6-4-5-7-24(22)28-3)18-21-13-16-26(17-14-21)15-12-20-8-10-23(27-2)11-9-20/h4-11,21H,12-19H2,1-3H3. The molecule has 4 nitrogen and oxygen atoms in total. The molecule has 0 bridgehead atoms. The molecule has 1 fully saturated rings. The Bertz CT molecular complexity index is 709. The van der Waals surface area contributed by atoms with E-state index in [1.165, 1.54) is 37.1 Å². The molecule has 0 amide bonds. The summed E-state index contributed by atoms with van der Waals surface area (Å²) >= 11 is 0. The van der Waals surface area contributed by atoms with Crippen LogP contribution >= 0.6 is 0 Å². The van der Waals surface area contributed by atoms with Gasteiger partial charge in [0.05, 0.1) is 14.2 Å². The van der Waals surface area contributed by atoms with Gasteiger partial charge in [-0.05, 0) is 69.1 Å². The molecular weight excluding hydrogens is 348 g/mol. The lowest BCUT2D eigenvalue weighted by atomic mass is 9.95. The largest absolute Gasteiger partial charge is 0.497 e. The zero-order valence-electron chi connectivity index (χ0n) is 17.6. The first-order valence-corrected chi connectivity index (χ1v) is 10.3. The summed E-state index contributed by atoms with van der Waals surface area (Å²) in [6.07, 6.45) is 3.69. The topological polar surface area (TPSA) is 24.9 Å². The Morgan fingerprint density at radius 3 is 2.36 bits per heavy atom. The van der Waals surface area contributed by atoms with Crippen LogP contribution in [0.2, 0.25) is 0 Å². The van der Waals surface area contributed by atoms with Gasteiger partial charge in [-0.1, -0.05) is 30.3 Å². The van der Waals surface area contributed by atoms with Gasteiger partial charge in [0.1, 0.15) is 11.5 Å². The number of hydrogen-bond acceptors (Lipinski definition) is 4. The van der Waals surface area contributed by atoms with Crippen molar-refractivity contribution in [2.24, 2.45) is 5.92 Å². The SMILES string of the molecule is COc1ccc(CCN2CCC(CN(C)Cc3ccccc3OC)CC2)cc1. The van der Waals surface area contributed by atoms with Gasteiger partial charge in [0.25, 0.3) is 0 Å². The van der Waals surface area contributed by atoms with Gasteiger partial charge in [0.15, 0.2) is 0 Å². The molecule has 0 aromatic heterocycles. The van der Waals surface area contributed by atoms with Crippen LogP contribution in [-0.2, 0) is 13.0 Å². The Labute approximate surface area is 170 Å². The summed E-state index contributed by atoms with van der Waals surface area (Å²) in [6.45, 7) is 5.68. The summed E-state index contributed by atoms with van der Waals surface area (Å²) in [7, 11) is 5.69. The minimum absolute atomic E-state index is 0.789. The molecule has 1 aliphatic heterocycles. The highest BCUT2D eigenvalue weighted by atomic mass is 16.5. The monoisotopic (exact) mass is 382 g/mol. The van der Waals surface area contributed by atoms with Crippen LogP contribution in [0.3, 0.4) is 0 Å². The second kappa shape index (κ2) is 10.5. The van der Waals surface area contributed by atoms with E-state index in [0.717, 1.165) is 43.5 Å². The fourth-order valence-corrected chi connectivity index (χ4v) is 4.10. The first-order valence-electron chi connectivity index (χ1n) is 10.3. The third kappa shape index (κ3) is 5.98. The molecule has 28 heavy (non-hydrogen) atoms. The molecule has 0 aliphatic carbocycles. The number of rotatable bonds is 9. The Hall–Kier alpha value is -2.04. The first kappa shape index (κ1) is 20.7. The van der Waals surface area contributed by atoms with Crippen LogP contribution < -0.4 is 9.47 Å². The van der Waals surface area contributed by atoms with Crippen molar-refractivity contribution in [3.8, 4) is 11.5 Å². The van der Waals surface area contributed by atoms with Crippen LogP contribution in [0.5, 0.6) is 11.5 Å². The summed E-state index contributed by atoms with van der Waals surface area (Å²) in [5, 5.41) is 0. The summed E-state index contributed by atoms with van der Waals surface area (Å²) in [4.78, 5) is 5.05. The summed E-state index contributed by atoms with van der Waals surface area (Å²) < 4.78 is 10.7. The van der Waals surface area contributed by atoms with Crippen molar-refractivity contribution < 1.29 is 9.47 Å². The molecule has 0 spiro atoms. The molecule has 0 atom stereocenters. The van der Waals surface area contributed by atoms with Gasteiger partial charge >= 0.3 is 0 Å². The predicted octanol–water partition coefficient (Wildman–Crippen LogP) is 4.09. The quantitative estimate of drug-likeness (QED) is 0.652. The second-order valence-electron chi connectivity index (χ2n) is 7.89. The minimum Gasteiger partial charge on any atom is -0.497 e. The number of ether oxygens (including phenoxy) is 2. The Morgan fingerprint density at radius 2 is 1.68 bits per heavy atom. The predicted molar refractivity (Wildman–Crippen MR) is 115 cm³/mol. The lowest BCUT2D eigenvalue weighted by Gasteiger charge is -2.34. The highest BCUT2D eigenvalue weighted by Crippen LogP contribution is 2.22. The molecule has 0 N–H and O–H groups in total. The molecule has 2 aromatic rings. The van der Waals surface area contributed by atoms with Crippen LogP contribution in [0, 0.1) is 5.92 Å². The van der Waals surface area contributed by atoms with Gasteiger partial charge in [0, 0.05) is 25.2 Å². The van der Waals surface area contributed by atoms with Crippen molar-refractivity contribution in [2.45, 2.75) is 25.8 Å². The maximum absolute atomic E-state index is 5.49. The fraction of sp³-hybridized carbons (Fsp3) is 0.500. The Kier molecular flexibility index (Phi) is 7.75. The van der Waals surface area contributed by atoms with E-state index in [1.54, 1.807) is 14.2 Å². The van der Waals surface area contributed by atoms with E-state index in [1.807, 2.05) is 12.1 Å². The van der Waals surface area contributed by atoms with E-state index in [9.17, 15) is 0 Å². The van der Waals surface area contributed by atoms with Crippen molar-refractivity contribution in [1.82, 2.24) is 9.80 Å². The fourth-order valence-electron chi connectivity index (χ4n) is 4.10. The summed E-state index contributed by atoms with van der Waals surface area (Å²) in [5.74, 6) is 2.71. The number of methoxy groups -OCH3 is 2. The highest BCUT2D eigenvalue weighted by molar-refractivity contribution is 5.33. The maximum atomic E-state index is 5.49. The van der Waals surface area contributed by atoms with E-state index >= 15 is 0 Å². The number of benzene rings is 2. The van der Waals surface area contributed by atoms with Gasteiger partial charge in [-0.3, -0.25) is 0 Å². The highest BCUT2D eigenvalue weighted by Gasteiger charge is 2.20. The van der Waals surface area contributed by atoms with Gasteiger partial charge in [-0.15, -0.1) is 0 Å². The minimum atomic E-state index is 0.789. The average Bonchev–Trinajstić information content (AvgIpc) is 2.74. The maximum Gasteiger partial charge on any atom is 0.123 e. The molecule has 152 valence electrons. The molecule has 1 aliphatic rings. The summed E-state index contributed by atoms with van der Waals surface area (Å²) in [6, 6.07) is 16.8. The molecular formula is C24H34N2O2. The lowest BCUT2D eigenvalue weighted by Crippen LogP contribution is -2.38. The molecule has 0 radical (unpaired) electrons. The normalized spacial score (nSPS) is 15.7. The Morgan fingerprint density at radius 1 is 0.964 bits per heavy atom. The zero-order chi connectivity index (χ0) is 19.8. The molecule has 1 heterocycles. The zero-order valence-corrected chi connectivity index (χ0v) is 17.6. The van der Waals surface area contributed by atoms with Crippen LogP contribution in [0.15, 0.2) is 48.5 Å². The molecule has 1 saturated heterocycles. The Balaban J connectivity index is 1.38. The van der Waals surface area contributed by atoms with Crippen LogP contribution in [0.25, 0.3) is 0 Å². The van der Waals surface area contributed by atoms with Crippen molar-refractivity contribution in [2.75, 3.05) is 47.4 Å². The van der Waals surface area contributed by atoms with Crippen LogP contribution in [0.4, 0.5) is 0 Å². The molecule has 3 rings (SSSR count). The number of piperidine rings is 1. The van der Waals surface area contributed by atoms with E-state index < -0.39 is 0 Å². The second-order valence-corrected chi connectivity index (χ2v) is 7.89. The number of hydrogen-bond donors (Lipinski definition) is 0. The van der Waals surface area contributed by atoms with Gasteiger partial charge in [-0.2, -0.15) is 0 Å². The van der Waals surface area contributed by atoms with Gasteiger partial charge in [-0.25, -0.2) is 0 Å². The van der Waals surface area contributed by atoms with Crippen molar-refractivity contribution >= 4 is 0 Å². The van der Waals surface area contributed by atoms with E-state index in [0.29, 0.717) is 0 Å². The lowest BCUT2D eigenvalue weighted by molar-refractivity contribution is 0.153. The molecule has 4 heteroatoms. The van der Waals surface area contributed by atoms with E-state index in [-0.39, 0.29) is 0 Å². The number of para-hydroxylation sites is 1. The van der Waals surface area contributed by atoms with Crippen LogP contribution in [-0.4, -0.2) is 57.2 Å². The third-order valence-electron chi connectivity index (χ3n) is 5.79.